The summed E-state index contributed by atoms with van der Waals surface area (Å²) >= 11 is 0. The Hall–Kier alpha value is -2.24. The lowest BCUT2D eigenvalue weighted by Crippen LogP contribution is -2.50. The maximum Gasteiger partial charge on any atom is 0.237 e. The summed E-state index contributed by atoms with van der Waals surface area (Å²) < 4.78 is 0. The molecule has 2 aromatic rings. The molecule has 25 heavy (non-hydrogen) atoms. The number of amides is 1. The number of hydrogen-bond donors (Lipinski definition) is 2. The largest absolute Gasteiger partial charge is 0.352 e. The second kappa shape index (κ2) is 8.74. The van der Waals surface area contributed by atoms with E-state index in [0.29, 0.717) is 6.42 Å². The fourth-order valence-corrected chi connectivity index (χ4v) is 3.23. The van der Waals surface area contributed by atoms with Gasteiger partial charge in [-0.1, -0.05) is 36.4 Å². The third kappa shape index (κ3) is 5.37. The van der Waals surface area contributed by atoms with E-state index in [9.17, 15) is 4.79 Å². The molecule has 1 saturated heterocycles. The zero-order valence-electron chi connectivity index (χ0n) is 14.5. The molecule has 0 aliphatic carbocycles. The van der Waals surface area contributed by atoms with Gasteiger partial charge in [0.05, 0.1) is 11.7 Å². The lowest BCUT2D eigenvalue weighted by molar-refractivity contribution is -0.123. The number of pyridine rings is 1. The van der Waals surface area contributed by atoms with Gasteiger partial charge in [-0.15, -0.1) is 0 Å². The Labute approximate surface area is 149 Å². The quantitative estimate of drug-likeness (QED) is 0.841. The maximum atomic E-state index is 12.3. The Morgan fingerprint density at radius 2 is 1.88 bits per heavy atom. The van der Waals surface area contributed by atoms with Gasteiger partial charge in [-0.2, -0.15) is 0 Å². The number of nitrogens with one attached hydrogen (secondary N) is 1. The lowest BCUT2D eigenvalue weighted by Gasteiger charge is -2.32. The molecule has 1 aromatic heterocycles. The fraction of sp³-hybridized carbons (Fsp3) is 0.400. The summed E-state index contributed by atoms with van der Waals surface area (Å²) in [6, 6.07) is 15.6. The number of aromatic nitrogens is 1. The molecule has 0 bridgehead atoms. The summed E-state index contributed by atoms with van der Waals surface area (Å²) in [6.07, 6.45) is 4.31. The van der Waals surface area contributed by atoms with Gasteiger partial charge in [-0.3, -0.25) is 14.7 Å². The van der Waals surface area contributed by atoms with Gasteiger partial charge in [0, 0.05) is 31.9 Å². The van der Waals surface area contributed by atoms with Crippen LogP contribution in [-0.2, 0) is 17.8 Å². The van der Waals surface area contributed by atoms with Crippen molar-refractivity contribution in [3.63, 3.8) is 0 Å². The molecule has 3 N–H and O–H groups in total. The number of hydrogen-bond acceptors (Lipinski definition) is 4. The van der Waals surface area contributed by atoms with Crippen molar-refractivity contribution in [2.24, 2.45) is 5.73 Å². The highest BCUT2D eigenvalue weighted by atomic mass is 16.2. The highest BCUT2D eigenvalue weighted by Crippen LogP contribution is 2.13. The Morgan fingerprint density at radius 1 is 1.16 bits per heavy atom. The van der Waals surface area contributed by atoms with Crippen LogP contribution < -0.4 is 11.1 Å². The van der Waals surface area contributed by atoms with E-state index in [1.165, 1.54) is 0 Å². The van der Waals surface area contributed by atoms with Crippen LogP contribution in [0.5, 0.6) is 0 Å². The Kier molecular flexibility index (Phi) is 6.14. The first kappa shape index (κ1) is 17.6. The molecular weight excluding hydrogens is 312 g/mol. The van der Waals surface area contributed by atoms with E-state index in [4.69, 9.17) is 5.73 Å². The zero-order valence-corrected chi connectivity index (χ0v) is 14.5. The van der Waals surface area contributed by atoms with Crippen LogP contribution in [0, 0.1) is 0 Å². The molecule has 5 nitrogen and oxygen atoms in total. The summed E-state index contributed by atoms with van der Waals surface area (Å²) in [5.41, 5.74) is 8.25. The Morgan fingerprint density at radius 3 is 2.56 bits per heavy atom. The summed E-state index contributed by atoms with van der Waals surface area (Å²) in [4.78, 5) is 19.1. The fourth-order valence-electron chi connectivity index (χ4n) is 3.23. The molecule has 2 heterocycles. The van der Waals surface area contributed by atoms with Gasteiger partial charge in [0.2, 0.25) is 5.91 Å². The van der Waals surface area contributed by atoms with Crippen LogP contribution in [0.2, 0.25) is 0 Å². The highest BCUT2D eigenvalue weighted by molar-refractivity contribution is 5.82. The van der Waals surface area contributed by atoms with Gasteiger partial charge in [0.25, 0.3) is 0 Å². The first-order chi connectivity index (χ1) is 12.2. The maximum absolute atomic E-state index is 12.3. The third-order valence-electron chi connectivity index (χ3n) is 4.68. The van der Waals surface area contributed by atoms with Gasteiger partial charge in [-0.05, 0) is 37.0 Å². The molecule has 1 atom stereocenters. The molecule has 0 saturated carbocycles. The van der Waals surface area contributed by atoms with Crippen LogP contribution in [0.1, 0.15) is 24.1 Å². The molecule has 1 unspecified atom stereocenters. The SMILES string of the molecule is NC(Cc1ccccc1)C(=O)NC1CCN(Cc2ccccn2)CC1. The normalized spacial score (nSPS) is 17.2. The monoisotopic (exact) mass is 338 g/mol. The van der Waals surface area contributed by atoms with Crippen LogP contribution >= 0.6 is 0 Å². The molecule has 1 aliphatic rings. The molecule has 1 aromatic carbocycles. The Bertz CT molecular complexity index is 654. The average molecular weight is 338 g/mol. The third-order valence-corrected chi connectivity index (χ3v) is 4.68. The van der Waals surface area contributed by atoms with Crippen LogP contribution in [0.15, 0.2) is 54.7 Å². The predicted molar refractivity (Wildman–Crippen MR) is 98.8 cm³/mol. The van der Waals surface area contributed by atoms with Crippen molar-refractivity contribution < 1.29 is 4.79 Å². The van der Waals surface area contributed by atoms with Crippen LogP contribution in [-0.4, -0.2) is 41.0 Å². The van der Waals surface area contributed by atoms with E-state index < -0.39 is 6.04 Å². The zero-order chi connectivity index (χ0) is 17.5. The first-order valence-electron chi connectivity index (χ1n) is 8.93. The second-order valence-electron chi connectivity index (χ2n) is 6.68. The molecular formula is C20H26N4O. The average Bonchev–Trinajstić information content (AvgIpc) is 2.65. The molecule has 0 spiro atoms. The van der Waals surface area contributed by atoms with E-state index in [2.05, 4.69) is 21.3 Å². The number of carbonyl (C=O) groups is 1. The van der Waals surface area contributed by atoms with E-state index in [1.54, 1.807) is 0 Å². The standard InChI is InChI=1S/C20H26N4O/c21-19(14-16-6-2-1-3-7-16)20(25)23-17-9-12-24(13-10-17)15-18-8-4-5-11-22-18/h1-8,11,17,19H,9-10,12-15,21H2,(H,23,25). The van der Waals surface area contributed by atoms with Gasteiger partial charge >= 0.3 is 0 Å². The van der Waals surface area contributed by atoms with E-state index in [-0.39, 0.29) is 11.9 Å². The summed E-state index contributed by atoms with van der Waals surface area (Å²) in [5, 5.41) is 3.12. The summed E-state index contributed by atoms with van der Waals surface area (Å²) in [7, 11) is 0. The molecule has 1 fully saturated rings. The van der Waals surface area contributed by atoms with Crippen molar-refractivity contribution in [3.05, 3.63) is 66.0 Å². The minimum Gasteiger partial charge on any atom is -0.352 e. The first-order valence-corrected chi connectivity index (χ1v) is 8.93. The second-order valence-corrected chi connectivity index (χ2v) is 6.68. The Balaban J connectivity index is 1.41. The number of nitrogens with zero attached hydrogens (tertiary/aromatic N) is 2. The number of rotatable bonds is 6. The van der Waals surface area contributed by atoms with E-state index >= 15 is 0 Å². The van der Waals surface area contributed by atoms with E-state index in [0.717, 1.165) is 43.7 Å². The van der Waals surface area contributed by atoms with Crippen molar-refractivity contribution in [3.8, 4) is 0 Å². The number of nitrogens with two attached hydrogens (primary N) is 1. The van der Waals surface area contributed by atoms with Gasteiger partial charge in [-0.25, -0.2) is 0 Å². The molecule has 132 valence electrons. The smallest absolute Gasteiger partial charge is 0.237 e. The highest BCUT2D eigenvalue weighted by Gasteiger charge is 2.23. The molecule has 0 radical (unpaired) electrons. The van der Waals surface area contributed by atoms with Gasteiger partial charge < -0.3 is 11.1 Å². The number of benzene rings is 1. The van der Waals surface area contributed by atoms with Crippen molar-refractivity contribution in [2.75, 3.05) is 13.1 Å². The van der Waals surface area contributed by atoms with Crippen LogP contribution in [0.3, 0.4) is 0 Å². The predicted octanol–water partition coefficient (Wildman–Crippen LogP) is 1.73. The van der Waals surface area contributed by atoms with E-state index in [1.807, 2.05) is 48.7 Å². The minimum atomic E-state index is -0.492. The van der Waals surface area contributed by atoms with Crippen molar-refractivity contribution in [1.29, 1.82) is 0 Å². The van der Waals surface area contributed by atoms with Crippen molar-refractivity contribution >= 4 is 5.91 Å². The van der Waals surface area contributed by atoms with Gasteiger partial charge in [0.15, 0.2) is 0 Å². The molecule has 3 rings (SSSR count). The van der Waals surface area contributed by atoms with Crippen molar-refractivity contribution in [2.45, 2.75) is 37.9 Å². The van der Waals surface area contributed by atoms with Crippen molar-refractivity contribution in [1.82, 2.24) is 15.2 Å². The number of piperidine rings is 1. The molecule has 1 amide bonds. The number of carbonyl (C=O) groups excluding carboxylic acids is 1. The van der Waals surface area contributed by atoms with Crippen LogP contribution in [0.25, 0.3) is 0 Å². The molecule has 1 aliphatic heterocycles. The summed E-state index contributed by atoms with van der Waals surface area (Å²) in [6.45, 7) is 2.81. The van der Waals surface area contributed by atoms with Gasteiger partial charge in [0.1, 0.15) is 0 Å². The summed E-state index contributed by atoms with van der Waals surface area (Å²) in [5.74, 6) is -0.0490. The topological polar surface area (TPSA) is 71.2 Å². The minimum absolute atomic E-state index is 0.0490. The van der Waals surface area contributed by atoms with Crippen LogP contribution in [0.4, 0.5) is 0 Å². The molecule has 5 heteroatoms. The number of likely N-dealkylation sites (tertiary alicyclic amines) is 1. The lowest BCUT2D eigenvalue weighted by atomic mass is 10.0.